The summed E-state index contributed by atoms with van der Waals surface area (Å²) < 4.78 is 5.35. The zero-order chi connectivity index (χ0) is 15.5. The zero-order valence-electron chi connectivity index (χ0n) is 13.9. The van der Waals surface area contributed by atoms with Gasteiger partial charge in [0.25, 0.3) is 0 Å². The van der Waals surface area contributed by atoms with Crippen LogP contribution in [0.25, 0.3) is 0 Å². The number of methoxy groups -OCH3 is 1. The number of hydrogen-bond acceptors (Lipinski definition) is 3. The molecule has 2 unspecified atom stereocenters. The second kappa shape index (κ2) is 6.59. The van der Waals surface area contributed by atoms with Crippen molar-refractivity contribution >= 4 is 0 Å². The van der Waals surface area contributed by atoms with Gasteiger partial charge in [0.1, 0.15) is 5.75 Å². The van der Waals surface area contributed by atoms with Crippen LogP contribution in [0.2, 0.25) is 0 Å². The quantitative estimate of drug-likeness (QED) is 0.896. The number of hydrogen-bond donors (Lipinski definition) is 1. The second-order valence-electron chi connectivity index (χ2n) is 6.74. The number of ether oxygens (including phenoxy) is 1. The van der Waals surface area contributed by atoms with Crippen molar-refractivity contribution in [2.24, 2.45) is 5.41 Å². The van der Waals surface area contributed by atoms with Crippen LogP contribution in [0.5, 0.6) is 5.75 Å². The molecule has 1 aromatic rings. The summed E-state index contributed by atoms with van der Waals surface area (Å²) >= 11 is 0. The van der Waals surface area contributed by atoms with Crippen LogP contribution in [0, 0.1) is 12.3 Å². The first-order valence-electron chi connectivity index (χ1n) is 7.19. The molecule has 0 saturated carbocycles. The summed E-state index contributed by atoms with van der Waals surface area (Å²) in [5.41, 5.74) is 2.18. The number of benzene rings is 1. The fourth-order valence-electron chi connectivity index (χ4n) is 2.30. The summed E-state index contributed by atoms with van der Waals surface area (Å²) in [5.74, 6) is 0.750. The molecule has 1 N–H and O–H groups in total. The van der Waals surface area contributed by atoms with Crippen molar-refractivity contribution in [2.75, 3.05) is 20.7 Å². The first-order chi connectivity index (χ1) is 9.16. The van der Waals surface area contributed by atoms with E-state index in [0.29, 0.717) is 12.6 Å². The summed E-state index contributed by atoms with van der Waals surface area (Å²) in [6.07, 6.45) is -0.542. The number of nitrogens with zero attached hydrogens (tertiary/aromatic N) is 1. The molecule has 3 heteroatoms. The molecule has 0 bridgehead atoms. The van der Waals surface area contributed by atoms with E-state index in [2.05, 4.69) is 39.6 Å². The van der Waals surface area contributed by atoms with Gasteiger partial charge in [-0.15, -0.1) is 0 Å². The Morgan fingerprint density at radius 1 is 1.30 bits per heavy atom. The number of aryl methyl sites for hydroxylation is 1. The molecule has 20 heavy (non-hydrogen) atoms. The molecule has 3 nitrogen and oxygen atoms in total. The lowest BCUT2D eigenvalue weighted by Gasteiger charge is -2.36. The maximum Gasteiger partial charge on any atom is 0.124 e. The Hall–Kier alpha value is -1.06. The van der Waals surface area contributed by atoms with Gasteiger partial charge < -0.3 is 14.7 Å². The van der Waals surface area contributed by atoms with Crippen LogP contribution in [0.1, 0.15) is 44.9 Å². The molecule has 0 amide bonds. The molecule has 0 aliphatic rings. The van der Waals surface area contributed by atoms with E-state index < -0.39 is 6.10 Å². The average Bonchev–Trinajstić information content (AvgIpc) is 2.36. The van der Waals surface area contributed by atoms with Crippen molar-refractivity contribution in [3.05, 3.63) is 29.3 Å². The van der Waals surface area contributed by atoms with Gasteiger partial charge in [0, 0.05) is 18.2 Å². The summed E-state index contributed by atoms with van der Waals surface area (Å²) in [7, 11) is 3.70. The Morgan fingerprint density at radius 2 is 1.90 bits per heavy atom. The number of likely N-dealkylation sites (N-methyl/N-ethyl adjacent to an activating group) is 1. The van der Waals surface area contributed by atoms with Crippen molar-refractivity contribution in [2.45, 2.75) is 46.8 Å². The van der Waals surface area contributed by atoms with E-state index in [1.807, 2.05) is 25.1 Å². The average molecular weight is 279 g/mol. The number of rotatable bonds is 5. The van der Waals surface area contributed by atoms with Gasteiger partial charge in [-0.3, -0.25) is 0 Å². The van der Waals surface area contributed by atoms with Crippen LogP contribution in [-0.2, 0) is 0 Å². The highest BCUT2D eigenvalue weighted by Crippen LogP contribution is 2.29. The highest BCUT2D eigenvalue weighted by atomic mass is 16.5. The Labute approximate surface area is 123 Å². The standard InChI is InChI=1S/C17H29NO2/c1-12-8-9-16(20-7)14(10-12)15(19)11-18(6)13(2)17(3,4)5/h8-10,13,15,19H,11H2,1-7H3. The van der Waals surface area contributed by atoms with Crippen LogP contribution in [-0.4, -0.2) is 36.8 Å². The highest BCUT2D eigenvalue weighted by molar-refractivity contribution is 5.38. The number of aliphatic hydroxyl groups excluding tert-OH is 1. The predicted molar refractivity (Wildman–Crippen MR) is 84.2 cm³/mol. The van der Waals surface area contributed by atoms with E-state index in [1.165, 1.54) is 0 Å². The molecular formula is C17H29NO2. The lowest BCUT2D eigenvalue weighted by atomic mass is 9.87. The highest BCUT2D eigenvalue weighted by Gasteiger charge is 2.26. The van der Waals surface area contributed by atoms with Crippen molar-refractivity contribution in [1.82, 2.24) is 4.90 Å². The van der Waals surface area contributed by atoms with E-state index in [0.717, 1.165) is 16.9 Å². The Kier molecular flexibility index (Phi) is 5.60. The van der Waals surface area contributed by atoms with Crippen molar-refractivity contribution in [1.29, 1.82) is 0 Å². The zero-order valence-corrected chi connectivity index (χ0v) is 13.9. The summed E-state index contributed by atoms with van der Waals surface area (Å²) in [4.78, 5) is 2.20. The molecule has 0 heterocycles. The Bertz CT molecular complexity index is 437. The van der Waals surface area contributed by atoms with Crippen molar-refractivity contribution < 1.29 is 9.84 Å². The molecule has 1 rings (SSSR count). The molecule has 2 atom stereocenters. The van der Waals surface area contributed by atoms with Crippen molar-refractivity contribution in [3.63, 3.8) is 0 Å². The topological polar surface area (TPSA) is 32.7 Å². The molecule has 0 spiro atoms. The summed E-state index contributed by atoms with van der Waals surface area (Å²) in [6, 6.07) is 6.30. The molecule has 0 aliphatic heterocycles. The molecular weight excluding hydrogens is 250 g/mol. The third kappa shape index (κ3) is 4.22. The molecule has 1 aromatic carbocycles. The third-order valence-electron chi connectivity index (χ3n) is 4.12. The maximum absolute atomic E-state index is 10.5. The SMILES string of the molecule is COc1ccc(C)cc1C(O)CN(C)C(C)C(C)(C)C. The third-order valence-corrected chi connectivity index (χ3v) is 4.12. The van der Waals surface area contributed by atoms with Crippen molar-refractivity contribution in [3.8, 4) is 5.75 Å². The lowest BCUT2D eigenvalue weighted by Crippen LogP contribution is -2.41. The Morgan fingerprint density at radius 3 is 2.40 bits per heavy atom. The largest absolute Gasteiger partial charge is 0.496 e. The van der Waals surface area contributed by atoms with Crippen LogP contribution in [0.15, 0.2) is 18.2 Å². The maximum atomic E-state index is 10.5. The van der Waals surface area contributed by atoms with Gasteiger partial charge >= 0.3 is 0 Å². The van der Waals surface area contributed by atoms with E-state index in [1.54, 1.807) is 7.11 Å². The minimum absolute atomic E-state index is 0.186. The van der Waals surface area contributed by atoms with Crippen LogP contribution in [0.4, 0.5) is 0 Å². The lowest BCUT2D eigenvalue weighted by molar-refractivity contribution is 0.0702. The first-order valence-corrected chi connectivity index (χ1v) is 7.19. The fraction of sp³-hybridized carbons (Fsp3) is 0.647. The normalized spacial score (nSPS) is 15.2. The van der Waals surface area contributed by atoms with E-state index in [-0.39, 0.29) is 5.41 Å². The molecule has 0 saturated heterocycles. The minimum atomic E-state index is -0.542. The van der Waals surface area contributed by atoms with E-state index in [4.69, 9.17) is 4.74 Å². The Balaban J connectivity index is 2.86. The van der Waals surface area contributed by atoms with E-state index in [9.17, 15) is 5.11 Å². The van der Waals surface area contributed by atoms with Gasteiger partial charge in [-0.25, -0.2) is 0 Å². The minimum Gasteiger partial charge on any atom is -0.496 e. The van der Waals surface area contributed by atoms with Gasteiger partial charge in [0.15, 0.2) is 0 Å². The second-order valence-corrected chi connectivity index (χ2v) is 6.74. The van der Waals surface area contributed by atoms with E-state index >= 15 is 0 Å². The van der Waals surface area contributed by atoms with Crippen LogP contribution in [0.3, 0.4) is 0 Å². The van der Waals surface area contributed by atoms with Gasteiger partial charge in [0.05, 0.1) is 13.2 Å². The van der Waals surface area contributed by atoms with Gasteiger partial charge in [-0.1, -0.05) is 32.4 Å². The fourth-order valence-corrected chi connectivity index (χ4v) is 2.30. The van der Waals surface area contributed by atoms with Gasteiger partial charge in [-0.2, -0.15) is 0 Å². The molecule has 0 aliphatic carbocycles. The smallest absolute Gasteiger partial charge is 0.124 e. The molecule has 114 valence electrons. The molecule has 0 aromatic heterocycles. The molecule has 0 radical (unpaired) electrons. The predicted octanol–water partition coefficient (Wildman–Crippen LogP) is 3.40. The summed E-state index contributed by atoms with van der Waals surface area (Å²) in [6.45, 7) is 11.5. The summed E-state index contributed by atoms with van der Waals surface area (Å²) in [5, 5.41) is 10.5. The van der Waals surface area contributed by atoms with Crippen LogP contribution < -0.4 is 4.74 Å². The first kappa shape index (κ1) is 17.0. The monoisotopic (exact) mass is 279 g/mol. The van der Waals surface area contributed by atoms with Gasteiger partial charge in [-0.05, 0) is 38.4 Å². The molecule has 0 fully saturated rings. The van der Waals surface area contributed by atoms with Crippen LogP contribution >= 0.6 is 0 Å². The van der Waals surface area contributed by atoms with Gasteiger partial charge in [0.2, 0.25) is 0 Å². The number of aliphatic hydroxyl groups is 1.